The van der Waals surface area contributed by atoms with Crippen molar-refractivity contribution in [2.45, 2.75) is 0 Å². The zero-order valence-electron chi connectivity index (χ0n) is 8.09. The number of rotatable bonds is 2. The molecule has 1 heterocycles. The summed E-state index contributed by atoms with van der Waals surface area (Å²) in [6, 6.07) is 7.52. The Hall–Kier alpha value is -2.48. The minimum absolute atomic E-state index is 0.201. The molecule has 0 aliphatic carbocycles. The van der Waals surface area contributed by atoms with Crippen molar-refractivity contribution in [2.75, 3.05) is 0 Å². The first-order chi connectivity index (χ1) is 7.78. The zero-order chi connectivity index (χ0) is 11.4. The molecule has 0 N–H and O–H groups in total. The lowest BCUT2D eigenvalue weighted by Crippen LogP contribution is -1.91. The quantitative estimate of drug-likeness (QED) is 0.771. The lowest BCUT2D eigenvalue weighted by Gasteiger charge is -2.03. The first-order valence-electron chi connectivity index (χ1n) is 4.43. The molecule has 0 fully saturated rings. The van der Waals surface area contributed by atoms with Crippen LogP contribution in [0.1, 0.15) is 5.69 Å². The van der Waals surface area contributed by atoms with E-state index in [-0.39, 0.29) is 17.4 Å². The van der Waals surface area contributed by atoms with E-state index in [1.165, 1.54) is 30.6 Å². The summed E-state index contributed by atoms with van der Waals surface area (Å²) >= 11 is 0. The zero-order valence-corrected chi connectivity index (χ0v) is 8.09. The van der Waals surface area contributed by atoms with Crippen molar-refractivity contribution in [3.05, 3.63) is 48.2 Å². The summed E-state index contributed by atoms with van der Waals surface area (Å²) in [6.07, 6.45) is 2.60. The Morgan fingerprint density at radius 3 is 2.75 bits per heavy atom. The van der Waals surface area contributed by atoms with Crippen LogP contribution in [0.3, 0.4) is 0 Å². The molecular weight excluding hydrogens is 209 g/mol. The van der Waals surface area contributed by atoms with Crippen molar-refractivity contribution < 1.29 is 9.13 Å². The van der Waals surface area contributed by atoms with Crippen LogP contribution in [0.5, 0.6) is 11.6 Å². The van der Waals surface area contributed by atoms with Gasteiger partial charge in [0.05, 0.1) is 12.4 Å². The number of nitriles is 1. The van der Waals surface area contributed by atoms with Crippen LogP contribution in [0.4, 0.5) is 4.39 Å². The summed E-state index contributed by atoms with van der Waals surface area (Å²) in [4.78, 5) is 7.62. The first-order valence-corrected chi connectivity index (χ1v) is 4.43. The highest BCUT2D eigenvalue weighted by molar-refractivity contribution is 5.27. The molecule has 1 aromatic heterocycles. The van der Waals surface area contributed by atoms with Gasteiger partial charge in [-0.1, -0.05) is 6.07 Å². The second-order valence-corrected chi connectivity index (χ2v) is 2.91. The number of hydrogen-bond acceptors (Lipinski definition) is 4. The molecular formula is C11H6FN3O. The summed E-state index contributed by atoms with van der Waals surface area (Å²) in [7, 11) is 0. The second kappa shape index (κ2) is 4.36. The number of halogens is 1. The van der Waals surface area contributed by atoms with Crippen molar-refractivity contribution in [1.82, 2.24) is 9.97 Å². The third-order valence-corrected chi connectivity index (χ3v) is 1.76. The van der Waals surface area contributed by atoms with Crippen molar-refractivity contribution in [2.24, 2.45) is 0 Å². The molecule has 4 nitrogen and oxygen atoms in total. The van der Waals surface area contributed by atoms with Crippen molar-refractivity contribution in [1.29, 1.82) is 5.26 Å². The van der Waals surface area contributed by atoms with E-state index in [4.69, 9.17) is 10.00 Å². The van der Waals surface area contributed by atoms with Crippen LogP contribution >= 0.6 is 0 Å². The van der Waals surface area contributed by atoms with Gasteiger partial charge in [-0.15, -0.1) is 0 Å². The van der Waals surface area contributed by atoms with Gasteiger partial charge < -0.3 is 4.74 Å². The van der Waals surface area contributed by atoms with Gasteiger partial charge in [-0.05, 0) is 12.1 Å². The van der Waals surface area contributed by atoms with Crippen LogP contribution in [-0.2, 0) is 0 Å². The van der Waals surface area contributed by atoms with Gasteiger partial charge >= 0.3 is 0 Å². The highest BCUT2D eigenvalue weighted by Crippen LogP contribution is 2.18. The largest absolute Gasteiger partial charge is 0.437 e. The first kappa shape index (κ1) is 10.1. The molecule has 16 heavy (non-hydrogen) atoms. The lowest BCUT2D eigenvalue weighted by molar-refractivity contribution is 0.455. The number of aromatic nitrogens is 2. The third kappa shape index (κ3) is 2.30. The van der Waals surface area contributed by atoms with E-state index in [1.54, 1.807) is 6.07 Å². The molecule has 0 bridgehead atoms. The average molecular weight is 215 g/mol. The summed E-state index contributed by atoms with van der Waals surface area (Å²) in [5.41, 5.74) is 0.201. The van der Waals surface area contributed by atoms with E-state index >= 15 is 0 Å². The maximum absolute atomic E-state index is 12.8. The standard InChI is InChI=1S/C11H6FN3O/c12-8-2-1-3-10(4-8)16-11-7-14-9(5-13)6-15-11/h1-4,6-7H. The van der Waals surface area contributed by atoms with Crippen LogP contribution in [0.2, 0.25) is 0 Å². The highest BCUT2D eigenvalue weighted by Gasteiger charge is 2.00. The van der Waals surface area contributed by atoms with Gasteiger partial charge in [-0.2, -0.15) is 5.26 Å². The molecule has 2 aromatic rings. The molecule has 0 amide bonds. The van der Waals surface area contributed by atoms with Crippen LogP contribution in [0, 0.1) is 17.1 Å². The summed E-state index contributed by atoms with van der Waals surface area (Å²) in [6.45, 7) is 0. The molecule has 0 aliphatic rings. The van der Waals surface area contributed by atoms with Gasteiger partial charge in [-0.25, -0.2) is 14.4 Å². The maximum Gasteiger partial charge on any atom is 0.237 e. The van der Waals surface area contributed by atoms with Crippen LogP contribution in [-0.4, -0.2) is 9.97 Å². The molecule has 0 aliphatic heterocycles. The predicted octanol–water partition coefficient (Wildman–Crippen LogP) is 2.28. The Balaban J connectivity index is 2.18. The number of nitrogens with zero attached hydrogens (tertiary/aromatic N) is 3. The fourth-order valence-electron chi connectivity index (χ4n) is 1.08. The minimum atomic E-state index is -0.390. The van der Waals surface area contributed by atoms with Crippen molar-refractivity contribution >= 4 is 0 Å². The number of ether oxygens (including phenoxy) is 1. The minimum Gasteiger partial charge on any atom is -0.437 e. The van der Waals surface area contributed by atoms with Crippen LogP contribution in [0.15, 0.2) is 36.7 Å². The van der Waals surface area contributed by atoms with Gasteiger partial charge in [0.1, 0.15) is 17.6 Å². The van der Waals surface area contributed by atoms with E-state index in [2.05, 4.69) is 9.97 Å². The normalized spacial score (nSPS) is 9.50. The van der Waals surface area contributed by atoms with E-state index < -0.39 is 0 Å². The van der Waals surface area contributed by atoms with E-state index in [1.807, 2.05) is 6.07 Å². The fraction of sp³-hybridized carbons (Fsp3) is 0. The van der Waals surface area contributed by atoms with E-state index in [0.29, 0.717) is 5.75 Å². The van der Waals surface area contributed by atoms with Crippen molar-refractivity contribution in [3.8, 4) is 17.7 Å². The molecule has 78 valence electrons. The van der Waals surface area contributed by atoms with Crippen LogP contribution < -0.4 is 4.74 Å². The molecule has 0 atom stereocenters. The monoisotopic (exact) mass is 215 g/mol. The van der Waals surface area contributed by atoms with Gasteiger partial charge in [0.15, 0.2) is 5.69 Å². The van der Waals surface area contributed by atoms with Crippen molar-refractivity contribution in [3.63, 3.8) is 0 Å². The topological polar surface area (TPSA) is 58.8 Å². The third-order valence-electron chi connectivity index (χ3n) is 1.76. The van der Waals surface area contributed by atoms with Gasteiger partial charge in [0.25, 0.3) is 0 Å². The summed E-state index contributed by atoms with van der Waals surface area (Å²) in [5, 5.41) is 8.51. The molecule has 0 saturated carbocycles. The maximum atomic E-state index is 12.8. The summed E-state index contributed by atoms with van der Waals surface area (Å²) < 4.78 is 18.1. The lowest BCUT2D eigenvalue weighted by atomic mass is 10.3. The number of hydrogen-bond donors (Lipinski definition) is 0. The smallest absolute Gasteiger partial charge is 0.237 e. The Labute approximate surface area is 91.0 Å². The molecule has 0 radical (unpaired) electrons. The van der Waals surface area contributed by atoms with Gasteiger partial charge in [-0.3, -0.25) is 0 Å². The second-order valence-electron chi connectivity index (χ2n) is 2.91. The van der Waals surface area contributed by atoms with Gasteiger partial charge in [0, 0.05) is 6.07 Å². The van der Waals surface area contributed by atoms with E-state index in [9.17, 15) is 4.39 Å². The molecule has 0 unspecified atom stereocenters. The summed E-state index contributed by atoms with van der Waals surface area (Å²) in [5.74, 6) is 0.155. The molecule has 0 saturated heterocycles. The number of benzene rings is 1. The highest BCUT2D eigenvalue weighted by atomic mass is 19.1. The molecule has 0 spiro atoms. The molecule has 1 aromatic carbocycles. The van der Waals surface area contributed by atoms with Crippen LogP contribution in [0.25, 0.3) is 0 Å². The van der Waals surface area contributed by atoms with E-state index in [0.717, 1.165) is 0 Å². The van der Waals surface area contributed by atoms with Gasteiger partial charge in [0.2, 0.25) is 5.88 Å². The Bertz CT molecular complexity index is 534. The molecule has 5 heteroatoms. The average Bonchev–Trinajstić information content (AvgIpc) is 2.30. The fourth-order valence-corrected chi connectivity index (χ4v) is 1.08. The SMILES string of the molecule is N#Cc1cnc(Oc2cccc(F)c2)cn1. The molecule has 2 rings (SSSR count). The Morgan fingerprint density at radius 2 is 2.12 bits per heavy atom. The Kier molecular flexibility index (Phi) is 2.74. The Morgan fingerprint density at radius 1 is 1.25 bits per heavy atom. The predicted molar refractivity (Wildman–Crippen MR) is 53.2 cm³/mol.